The van der Waals surface area contributed by atoms with Crippen LogP contribution in [0.2, 0.25) is 5.15 Å². The molecule has 2 atom stereocenters. The molecular weight excluding hydrogens is 320 g/mol. The Bertz CT molecular complexity index is 700. The molecule has 2 fully saturated rings. The van der Waals surface area contributed by atoms with Crippen molar-refractivity contribution in [1.82, 2.24) is 9.97 Å². The van der Waals surface area contributed by atoms with Gasteiger partial charge in [0.05, 0.1) is 31.9 Å². The van der Waals surface area contributed by atoms with Gasteiger partial charge in [-0.05, 0) is 6.07 Å². The van der Waals surface area contributed by atoms with Gasteiger partial charge in [-0.15, -0.1) is 0 Å². The number of benzene rings is 1. The highest BCUT2D eigenvalue weighted by Crippen LogP contribution is 2.36. The molecule has 2 aromatic rings. The van der Waals surface area contributed by atoms with Crippen LogP contribution in [0.25, 0.3) is 10.9 Å². The lowest BCUT2D eigenvalue weighted by Gasteiger charge is -2.19. The molecule has 7 heteroatoms. The Balaban J connectivity index is 1.70. The van der Waals surface area contributed by atoms with Crippen LogP contribution in [0.1, 0.15) is 12.8 Å². The highest BCUT2D eigenvalue weighted by Gasteiger charge is 2.23. The van der Waals surface area contributed by atoms with Crippen molar-refractivity contribution in [3.63, 3.8) is 0 Å². The Morgan fingerprint density at radius 2 is 1.61 bits per heavy atom. The molecule has 0 amide bonds. The highest BCUT2D eigenvalue weighted by molar-refractivity contribution is 6.34. The lowest BCUT2D eigenvalue weighted by Crippen LogP contribution is -2.19. The first-order valence-corrected chi connectivity index (χ1v) is 8.10. The van der Waals surface area contributed by atoms with Crippen LogP contribution in [0, 0.1) is 0 Å². The van der Waals surface area contributed by atoms with Gasteiger partial charge in [-0.2, -0.15) is 0 Å². The Kier molecular flexibility index (Phi) is 4.20. The monoisotopic (exact) mass is 336 g/mol. The van der Waals surface area contributed by atoms with Crippen LogP contribution in [-0.2, 0) is 9.47 Å². The molecule has 1 aromatic heterocycles. The van der Waals surface area contributed by atoms with Gasteiger partial charge in [0.15, 0.2) is 11.5 Å². The second-order valence-corrected chi connectivity index (χ2v) is 6.05. The second kappa shape index (κ2) is 6.47. The summed E-state index contributed by atoms with van der Waals surface area (Å²) >= 11 is 6.18. The summed E-state index contributed by atoms with van der Waals surface area (Å²) in [5.41, 5.74) is 0.730. The molecule has 6 nitrogen and oxygen atoms in total. The molecule has 1 aromatic carbocycles. The topological polar surface area (TPSA) is 62.7 Å². The fraction of sp³-hybridized carbons (Fsp3) is 0.500. The maximum absolute atomic E-state index is 6.18. The Labute approximate surface area is 138 Å². The number of ether oxygens (including phenoxy) is 4. The van der Waals surface area contributed by atoms with E-state index < -0.39 is 0 Å². The van der Waals surface area contributed by atoms with Crippen LogP contribution in [0.3, 0.4) is 0 Å². The summed E-state index contributed by atoms with van der Waals surface area (Å²) in [5, 5.41) is 1.15. The molecule has 0 aliphatic carbocycles. The summed E-state index contributed by atoms with van der Waals surface area (Å²) in [4.78, 5) is 8.29. The van der Waals surface area contributed by atoms with Gasteiger partial charge in [0.1, 0.15) is 23.7 Å². The third kappa shape index (κ3) is 3.20. The van der Waals surface area contributed by atoms with E-state index in [-0.39, 0.29) is 12.2 Å². The molecule has 3 heterocycles. The van der Waals surface area contributed by atoms with Crippen molar-refractivity contribution >= 4 is 22.5 Å². The third-order valence-electron chi connectivity index (χ3n) is 4.02. The smallest absolute Gasteiger partial charge is 0.163 e. The molecule has 2 saturated heterocycles. The summed E-state index contributed by atoms with van der Waals surface area (Å²) in [6.07, 6.45) is 3.24. The average Bonchev–Trinajstić information content (AvgIpc) is 3.22. The molecule has 0 saturated carbocycles. The van der Waals surface area contributed by atoms with Gasteiger partial charge in [-0.25, -0.2) is 9.97 Å². The van der Waals surface area contributed by atoms with Crippen LogP contribution in [0.4, 0.5) is 0 Å². The maximum atomic E-state index is 6.18. The second-order valence-electron chi connectivity index (χ2n) is 5.69. The predicted molar refractivity (Wildman–Crippen MR) is 84.3 cm³/mol. The minimum Gasteiger partial charge on any atom is -0.484 e. The molecule has 0 unspecified atom stereocenters. The van der Waals surface area contributed by atoms with E-state index >= 15 is 0 Å². The van der Waals surface area contributed by atoms with Crippen LogP contribution < -0.4 is 9.47 Å². The van der Waals surface area contributed by atoms with Gasteiger partial charge in [0.25, 0.3) is 0 Å². The largest absolute Gasteiger partial charge is 0.484 e. The molecule has 23 heavy (non-hydrogen) atoms. The number of hydrogen-bond donors (Lipinski definition) is 0. The maximum Gasteiger partial charge on any atom is 0.163 e. The van der Waals surface area contributed by atoms with E-state index in [4.69, 9.17) is 30.5 Å². The van der Waals surface area contributed by atoms with Crippen LogP contribution in [-0.4, -0.2) is 48.6 Å². The van der Waals surface area contributed by atoms with Crippen LogP contribution in [0.15, 0.2) is 18.5 Å². The summed E-state index contributed by atoms with van der Waals surface area (Å²) in [7, 11) is 0. The average molecular weight is 337 g/mol. The standard InChI is InChI=1S/C16H17ClN2O4/c17-16-12-5-14(22-10-1-3-20-7-10)15(6-13(12)18-9-19-16)23-11-2-4-21-8-11/h5-6,9-11H,1-4,7-8H2/t10-,11-/m0/s1. The fourth-order valence-corrected chi connectivity index (χ4v) is 2.98. The molecule has 2 aliphatic heterocycles. The molecule has 4 rings (SSSR count). The van der Waals surface area contributed by atoms with Crippen molar-refractivity contribution in [2.75, 3.05) is 26.4 Å². The predicted octanol–water partition coefficient (Wildman–Crippen LogP) is 2.62. The van der Waals surface area contributed by atoms with E-state index in [1.807, 2.05) is 12.1 Å². The number of hydrogen-bond acceptors (Lipinski definition) is 6. The van der Waals surface area contributed by atoms with Gasteiger partial charge < -0.3 is 18.9 Å². The number of halogens is 1. The van der Waals surface area contributed by atoms with Gasteiger partial charge in [-0.1, -0.05) is 11.6 Å². The van der Waals surface area contributed by atoms with E-state index in [0.717, 1.165) is 37.0 Å². The lowest BCUT2D eigenvalue weighted by atomic mass is 10.2. The van der Waals surface area contributed by atoms with Gasteiger partial charge >= 0.3 is 0 Å². The van der Waals surface area contributed by atoms with Crippen molar-refractivity contribution in [2.45, 2.75) is 25.0 Å². The first kappa shape index (κ1) is 14.9. The number of fused-ring (bicyclic) bond motifs is 1. The zero-order valence-electron chi connectivity index (χ0n) is 12.5. The van der Waals surface area contributed by atoms with E-state index in [1.165, 1.54) is 6.33 Å². The minimum atomic E-state index is 0.0260. The highest BCUT2D eigenvalue weighted by atomic mass is 35.5. The van der Waals surface area contributed by atoms with Gasteiger partial charge in [0, 0.05) is 24.3 Å². The molecule has 122 valence electrons. The van der Waals surface area contributed by atoms with E-state index in [1.54, 1.807) is 0 Å². The number of aromatic nitrogens is 2. The van der Waals surface area contributed by atoms with Crippen molar-refractivity contribution in [3.8, 4) is 11.5 Å². The van der Waals surface area contributed by atoms with Crippen molar-refractivity contribution in [1.29, 1.82) is 0 Å². The first-order chi connectivity index (χ1) is 11.3. The normalized spacial score (nSPS) is 24.2. The van der Waals surface area contributed by atoms with E-state index in [2.05, 4.69) is 9.97 Å². The molecule has 0 N–H and O–H groups in total. The zero-order chi connectivity index (χ0) is 15.6. The summed E-state index contributed by atoms with van der Waals surface area (Å²) in [6.45, 7) is 2.62. The van der Waals surface area contributed by atoms with Gasteiger partial charge in [0.2, 0.25) is 0 Å². The van der Waals surface area contributed by atoms with Crippen LogP contribution >= 0.6 is 11.6 Å². The molecular formula is C16H17ClN2O4. The lowest BCUT2D eigenvalue weighted by molar-refractivity contribution is 0.123. The summed E-state index contributed by atoms with van der Waals surface area (Å²) < 4.78 is 22.9. The summed E-state index contributed by atoms with van der Waals surface area (Å²) in [5.74, 6) is 1.31. The Morgan fingerprint density at radius 3 is 2.22 bits per heavy atom. The quantitative estimate of drug-likeness (QED) is 0.800. The third-order valence-corrected chi connectivity index (χ3v) is 4.32. The SMILES string of the molecule is Clc1ncnc2cc(O[C@H]3CCOC3)c(O[C@H]3CCOC3)cc12. The van der Waals surface area contributed by atoms with Gasteiger partial charge in [-0.3, -0.25) is 0 Å². The van der Waals surface area contributed by atoms with Crippen molar-refractivity contribution in [2.24, 2.45) is 0 Å². The summed E-state index contributed by atoms with van der Waals surface area (Å²) in [6, 6.07) is 3.70. The van der Waals surface area contributed by atoms with Crippen molar-refractivity contribution in [3.05, 3.63) is 23.6 Å². The van der Waals surface area contributed by atoms with E-state index in [9.17, 15) is 0 Å². The molecule has 2 aliphatic rings. The number of nitrogens with zero attached hydrogens (tertiary/aromatic N) is 2. The molecule has 0 spiro atoms. The Hall–Kier alpha value is -1.63. The van der Waals surface area contributed by atoms with Crippen molar-refractivity contribution < 1.29 is 18.9 Å². The zero-order valence-corrected chi connectivity index (χ0v) is 13.3. The minimum absolute atomic E-state index is 0.0260. The first-order valence-electron chi connectivity index (χ1n) is 7.72. The van der Waals surface area contributed by atoms with E-state index in [0.29, 0.717) is 29.9 Å². The number of rotatable bonds is 4. The van der Waals surface area contributed by atoms with Crippen LogP contribution in [0.5, 0.6) is 11.5 Å². The Morgan fingerprint density at radius 1 is 0.957 bits per heavy atom. The molecule has 0 radical (unpaired) electrons. The molecule has 0 bridgehead atoms. The fourth-order valence-electron chi connectivity index (χ4n) is 2.79.